The fourth-order valence-corrected chi connectivity index (χ4v) is 2.10. The van der Waals surface area contributed by atoms with Crippen molar-refractivity contribution in [2.45, 2.75) is 19.4 Å². The minimum Gasteiger partial charge on any atom is -0.464 e. The molecule has 0 aliphatic rings. The van der Waals surface area contributed by atoms with E-state index >= 15 is 0 Å². The van der Waals surface area contributed by atoms with E-state index in [4.69, 9.17) is 4.42 Å². The highest BCUT2D eigenvalue weighted by Gasteiger charge is 2.22. The summed E-state index contributed by atoms with van der Waals surface area (Å²) in [5.41, 5.74) is 2.48. The van der Waals surface area contributed by atoms with Gasteiger partial charge in [0.15, 0.2) is 0 Å². The summed E-state index contributed by atoms with van der Waals surface area (Å²) in [6.07, 6.45) is 3.54. The van der Waals surface area contributed by atoms with Gasteiger partial charge in [0.2, 0.25) is 0 Å². The predicted octanol–water partition coefficient (Wildman–Crippen LogP) is 3.34. The molecule has 0 bridgehead atoms. The van der Waals surface area contributed by atoms with Gasteiger partial charge >= 0.3 is 0 Å². The number of furan rings is 1. The summed E-state index contributed by atoms with van der Waals surface area (Å²) < 4.78 is 5.58. The van der Waals surface area contributed by atoms with Crippen molar-refractivity contribution in [3.8, 4) is 11.3 Å². The van der Waals surface area contributed by atoms with Crippen LogP contribution >= 0.6 is 0 Å². The van der Waals surface area contributed by atoms with E-state index in [1.807, 2.05) is 37.4 Å². The Labute approximate surface area is 117 Å². The van der Waals surface area contributed by atoms with Crippen molar-refractivity contribution < 1.29 is 4.42 Å². The second-order valence-electron chi connectivity index (χ2n) is 5.29. The second kappa shape index (κ2) is 4.72. The van der Waals surface area contributed by atoms with Crippen LogP contribution in [0.3, 0.4) is 0 Å². The van der Waals surface area contributed by atoms with Gasteiger partial charge in [-0.15, -0.1) is 0 Å². The Hall–Kier alpha value is -2.20. The van der Waals surface area contributed by atoms with E-state index in [0.717, 1.165) is 28.1 Å². The number of hydrogen-bond donors (Lipinski definition) is 1. The van der Waals surface area contributed by atoms with Crippen LogP contribution in [0.1, 0.15) is 19.7 Å². The molecule has 0 saturated heterocycles. The first-order valence-corrected chi connectivity index (χ1v) is 6.61. The number of benzene rings is 1. The molecule has 0 aliphatic carbocycles. The quantitative estimate of drug-likeness (QED) is 0.790. The minimum absolute atomic E-state index is 0.268. The summed E-state index contributed by atoms with van der Waals surface area (Å²) in [5, 5.41) is 4.29. The zero-order valence-electron chi connectivity index (χ0n) is 11.8. The van der Waals surface area contributed by atoms with Crippen LogP contribution in [0.5, 0.6) is 0 Å². The van der Waals surface area contributed by atoms with Gasteiger partial charge < -0.3 is 9.73 Å². The number of fused-ring (bicyclic) bond motifs is 1. The molecular weight excluding hydrogens is 250 g/mol. The molecule has 0 saturated carbocycles. The largest absolute Gasteiger partial charge is 0.464 e. The van der Waals surface area contributed by atoms with Gasteiger partial charge in [-0.1, -0.05) is 18.2 Å². The molecule has 3 aromatic rings. The van der Waals surface area contributed by atoms with Crippen LogP contribution < -0.4 is 5.32 Å². The van der Waals surface area contributed by atoms with Gasteiger partial charge in [0.1, 0.15) is 17.7 Å². The van der Waals surface area contributed by atoms with Crippen LogP contribution in [0.15, 0.2) is 47.2 Å². The molecule has 0 unspecified atom stereocenters. The summed E-state index contributed by atoms with van der Waals surface area (Å²) >= 11 is 0. The monoisotopic (exact) mass is 267 g/mol. The molecule has 0 aliphatic heterocycles. The Morgan fingerprint density at radius 2 is 1.95 bits per heavy atom. The predicted molar refractivity (Wildman–Crippen MR) is 79.3 cm³/mol. The van der Waals surface area contributed by atoms with E-state index in [-0.39, 0.29) is 5.54 Å². The Bertz CT molecular complexity index is 746. The summed E-state index contributed by atoms with van der Waals surface area (Å²) in [5.74, 6) is 0.766. The second-order valence-corrected chi connectivity index (χ2v) is 5.29. The molecule has 0 amide bonds. The van der Waals surface area contributed by atoms with E-state index in [0.29, 0.717) is 0 Å². The van der Waals surface area contributed by atoms with Crippen molar-refractivity contribution in [1.82, 2.24) is 15.3 Å². The molecule has 2 heterocycles. The van der Waals surface area contributed by atoms with Crippen molar-refractivity contribution in [3.63, 3.8) is 0 Å². The van der Waals surface area contributed by atoms with Crippen molar-refractivity contribution in [1.29, 1.82) is 0 Å². The van der Waals surface area contributed by atoms with Crippen LogP contribution in [0.4, 0.5) is 0 Å². The van der Waals surface area contributed by atoms with E-state index in [1.54, 1.807) is 12.5 Å². The highest BCUT2D eigenvalue weighted by Crippen LogP contribution is 2.29. The maximum Gasteiger partial charge on any atom is 0.148 e. The standard InChI is InChI=1S/C16H17N3O/c1-16(2,17-3)15-18-9-8-13(19-15)12-10-20-14-7-5-4-6-11(12)14/h4-10,17H,1-3H3. The maximum atomic E-state index is 5.58. The highest BCUT2D eigenvalue weighted by atomic mass is 16.3. The lowest BCUT2D eigenvalue weighted by molar-refractivity contribution is 0.417. The molecule has 102 valence electrons. The summed E-state index contributed by atoms with van der Waals surface area (Å²) in [6.45, 7) is 4.11. The van der Waals surface area contributed by atoms with Crippen molar-refractivity contribution in [2.75, 3.05) is 7.05 Å². The molecule has 0 atom stereocenters. The molecule has 1 aromatic carbocycles. The van der Waals surface area contributed by atoms with Gasteiger partial charge in [-0.2, -0.15) is 0 Å². The fourth-order valence-electron chi connectivity index (χ4n) is 2.10. The first kappa shape index (κ1) is 12.8. The molecule has 3 rings (SSSR count). The molecule has 4 nitrogen and oxygen atoms in total. The first-order valence-electron chi connectivity index (χ1n) is 6.61. The van der Waals surface area contributed by atoms with Gasteiger partial charge in [-0.25, -0.2) is 9.97 Å². The third-order valence-electron chi connectivity index (χ3n) is 3.60. The Kier molecular flexibility index (Phi) is 3.03. The summed E-state index contributed by atoms with van der Waals surface area (Å²) in [6, 6.07) is 9.87. The third kappa shape index (κ3) is 2.08. The zero-order chi connectivity index (χ0) is 14.2. The smallest absolute Gasteiger partial charge is 0.148 e. The number of hydrogen-bond acceptors (Lipinski definition) is 4. The van der Waals surface area contributed by atoms with Gasteiger partial charge in [0.25, 0.3) is 0 Å². The number of aromatic nitrogens is 2. The Morgan fingerprint density at radius 3 is 2.75 bits per heavy atom. The summed E-state index contributed by atoms with van der Waals surface area (Å²) in [7, 11) is 1.91. The molecule has 0 radical (unpaired) electrons. The number of nitrogens with zero attached hydrogens (tertiary/aromatic N) is 2. The molecule has 2 aromatic heterocycles. The van der Waals surface area contributed by atoms with Crippen LogP contribution in [-0.2, 0) is 5.54 Å². The van der Waals surface area contributed by atoms with Gasteiger partial charge in [-0.3, -0.25) is 0 Å². The maximum absolute atomic E-state index is 5.58. The van der Waals surface area contributed by atoms with Gasteiger partial charge in [0.05, 0.1) is 11.2 Å². The molecule has 0 fully saturated rings. The van der Waals surface area contributed by atoms with E-state index in [2.05, 4.69) is 29.1 Å². The molecular formula is C16H17N3O. The Balaban J connectivity index is 2.13. The lowest BCUT2D eigenvalue weighted by atomic mass is 10.0. The average molecular weight is 267 g/mol. The Morgan fingerprint density at radius 1 is 1.15 bits per heavy atom. The number of para-hydroxylation sites is 1. The van der Waals surface area contributed by atoms with Gasteiger partial charge in [-0.05, 0) is 33.0 Å². The molecule has 0 spiro atoms. The average Bonchev–Trinajstić information content (AvgIpc) is 2.91. The lowest BCUT2D eigenvalue weighted by Gasteiger charge is -2.22. The SMILES string of the molecule is CNC(C)(C)c1nccc(-c2coc3ccccc23)n1. The van der Waals surface area contributed by atoms with Crippen molar-refractivity contribution in [3.05, 3.63) is 48.6 Å². The fraction of sp³-hybridized carbons (Fsp3) is 0.250. The normalized spacial score (nSPS) is 11.9. The lowest BCUT2D eigenvalue weighted by Crippen LogP contribution is -2.35. The number of rotatable bonds is 3. The topological polar surface area (TPSA) is 51.0 Å². The first-order chi connectivity index (χ1) is 9.62. The minimum atomic E-state index is -0.268. The molecule has 20 heavy (non-hydrogen) atoms. The third-order valence-corrected chi connectivity index (χ3v) is 3.60. The van der Waals surface area contributed by atoms with Gasteiger partial charge in [0, 0.05) is 17.1 Å². The number of nitrogens with one attached hydrogen (secondary N) is 1. The summed E-state index contributed by atoms with van der Waals surface area (Å²) in [4.78, 5) is 9.04. The van der Waals surface area contributed by atoms with Crippen molar-refractivity contribution in [2.24, 2.45) is 0 Å². The van der Waals surface area contributed by atoms with E-state index in [9.17, 15) is 0 Å². The van der Waals surface area contributed by atoms with Crippen LogP contribution in [0, 0.1) is 0 Å². The highest BCUT2D eigenvalue weighted by molar-refractivity contribution is 5.92. The van der Waals surface area contributed by atoms with Crippen LogP contribution in [0.25, 0.3) is 22.2 Å². The zero-order valence-corrected chi connectivity index (χ0v) is 11.8. The molecule has 4 heteroatoms. The van der Waals surface area contributed by atoms with E-state index in [1.165, 1.54) is 0 Å². The molecule has 1 N–H and O–H groups in total. The van der Waals surface area contributed by atoms with Crippen LogP contribution in [-0.4, -0.2) is 17.0 Å². The van der Waals surface area contributed by atoms with Crippen molar-refractivity contribution >= 4 is 11.0 Å². The van der Waals surface area contributed by atoms with Crippen LogP contribution in [0.2, 0.25) is 0 Å². The van der Waals surface area contributed by atoms with E-state index < -0.39 is 0 Å².